The molecule has 1 aliphatic heterocycles. The number of hydrogen-bond acceptors (Lipinski definition) is 4. The molecule has 3 aromatic rings. The molecule has 2 heterocycles. The topological polar surface area (TPSA) is 70.5 Å². The van der Waals surface area contributed by atoms with Crippen LogP contribution in [0, 0.1) is 19.7 Å². The van der Waals surface area contributed by atoms with Crippen LogP contribution in [0.2, 0.25) is 5.02 Å². The van der Waals surface area contributed by atoms with Gasteiger partial charge >= 0.3 is 0 Å². The predicted molar refractivity (Wildman–Crippen MR) is 133 cm³/mol. The van der Waals surface area contributed by atoms with Crippen molar-refractivity contribution in [2.75, 3.05) is 32.7 Å². The molecule has 1 saturated heterocycles. The Morgan fingerprint density at radius 3 is 2.49 bits per heavy atom. The van der Waals surface area contributed by atoms with Crippen LogP contribution in [0.3, 0.4) is 0 Å². The number of nitrogens with zero attached hydrogens (tertiary/aromatic N) is 4. The number of benzene rings is 2. The van der Waals surface area contributed by atoms with Crippen molar-refractivity contribution in [1.29, 1.82) is 0 Å². The number of carbonyl (C=O) groups is 2. The van der Waals surface area contributed by atoms with Gasteiger partial charge in [-0.05, 0) is 37.6 Å². The second kappa shape index (κ2) is 11.0. The van der Waals surface area contributed by atoms with Crippen molar-refractivity contribution >= 4 is 23.4 Å². The molecule has 7 nitrogen and oxygen atoms in total. The Hall–Kier alpha value is -3.23. The molecule has 1 aromatic heterocycles. The first-order valence-corrected chi connectivity index (χ1v) is 12.0. The highest BCUT2D eigenvalue weighted by molar-refractivity contribution is 6.31. The van der Waals surface area contributed by atoms with Gasteiger partial charge in [-0.1, -0.05) is 41.9 Å². The van der Waals surface area contributed by atoms with E-state index in [4.69, 9.17) is 11.6 Å². The molecule has 0 aliphatic carbocycles. The third kappa shape index (κ3) is 6.07. The molecule has 2 aromatic carbocycles. The van der Waals surface area contributed by atoms with Crippen LogP contribution in [0.1, 0.15) is 32.9 Å². The van der Waals surface area contributed by atoms with Gasteiger partial charge in [0.25, 0.3) is 5.91 Å². The van der Waals surface area contributed by atoms with Crippen LogP contribution >= 0.6 is 11.6 Å². The summed E-state index contributed by atoms with van der Waals surface area (Å²) in [7, 11) is 0. The number of carbonyl (C=O) groups excluding carboxylic acids is 2. The largest absolute Gasteiger partial charge is 0.351 e. The first kappa shape index (κ1) is 24.9. The summed E-state index contributed by atoms with van der Waals surface area (Å²) < 4.78 is 16.0. The van der Waals surface area contributed by atoms with E-state index in [1.807, 2.05) is 41.6 Å². The number of hydrogen-bond donors (Lipinski definition) is 1. The fourth-order valence-corrected chi connectivity index (χ4v) is 4.46. The maximum atomic E-state index is 14.0. The van der Waals surface area contributed by atoms with E-state index < -0.39 is 5.82 Å². The van der Waals surface area contributed by atoms with Gasteiger partial charge in [0.15, 0.2) is 0 Å². The summed E-state index contributed by atoms with van der Waals surface area (Å²) in [6.45, 7) is 7.22. The molecule has 35 heavy (non-hydrogen) atoms. The van der Waals surface area contributed by atoms with E-state index in [1.165, 1.54) is 23.8 Å². The lowest BCUT2D eigenvalue weighted by Crippen LogP contribution is -2.51. The number of amides is 2. The first-order chi connectivity index (χ1) is 16.8. The Labute approximate surface area is 209 Å². The average Bonchev–Trinajstić information content (AvgIpc) is 3.12. The van der Waals surface area contributed by atoms with Crippen LogP contribution in [0.5, 0.6) is 0 Å². The number of halogens is 2. The number of aryl methyl sites for hydroxylation is 1. The lowest BCUT2D eigenvalue weighted by atomic mass is 10.1. The minimum absolute atomic E-state index is 0.0257. The third-order valence-corrected chi connectivity index (χ3v) is 6.59. The van der Waals surface area contributed by atoms with Crippen LogP contribution in [0.25, 0.3) is 0 Å². The van der Waals surface area contributed by atoms with Crippen LogP contribution in [-0.4, -0.2) is 64.1 Å². The van der Waals surface area contributed by atoms with Gasteiger partial charge in [0.05, 0.1) is 24.3 Å². The lowest BCUT2D eigenvalue weighted by molar-refractivity contribution is -0.122. The van der Waals surface area contributed by atoms with Crippen molar-refractivity contribution in [3.63, 3.8) is 0 Å². The highest BCUT2D eigenvalue weighted by Gasteiger charge is 2.25. The van der Waals surface area contributed by atoms with Gasteiger partial charge in [-0.25, -0.2) is 4.39 Å². The fourth-order valence-electron chi connectivity index (χ4n) is 4.29. The second-order valence-electron chi connectivity index (χ2n) is 8.76. The molecular formula is C26H29ClFN5O2. The number of aromatic nitrogens is 2. The van der Waals surface area contributed by atoms with Crippen molar-refractivity contribution < 1.29 is 14.0 Å². The Balaban J connectivity index is 1.26. The summed E-state index contributed by atoms with van der Waals surface area (Å²) >= 11 is 5.92. The summed E-state index contributed by atoms with van der Waals surface area (Å²) in [6, 6.07) is 14.1. The fraction of sp³-hybridized carbons (Fsp3) is 0.346. The van der Waals surface area contributed by atoms with Gasteiger partial charge in [-0.2, -0.15) is 5.10 Å². The van der Waals surface area contributed by atoms with E-state index in [9.17, 15) is 14.0 Å². The zero-order chi connectivity index (χ0) is 24.9. The van der Waals surface area contributed by atoms with Gasteiger partial charge in [0.2, 0.25) is 5.91 Å². The van der Waals surface area contributed by atoms with E-state index in [-0.39, 0.29) is 23.9 Å². The molecule has 4 rings (SSSR count). The third-order valence-electron chi connectivity index (χ3n) is 6.35. The highest BCUT2D eigenvalue weighted by atomic mass is 35.5. The molecule has 1 aliphatic rings. The molecule has 0 unspecified atom stereocenters. The smallest absolute Gasteiger partial charge is 0.256 e. The first-order valence-electron chi connectivity index (χ1n) is 11.6. The zero-order valence-corrected chi connectivity index (χ0v) is 20.7. The minimum atomic E-state index is -0.584. The van der Waals surface area contributed by atoms with Crippen molar-refractivity contribution in [2.45, 2.75) is 26.9 Å². The molecule has 1 fully saturated rings. The minimum Gasteiger partial charge on any atom is -0.351 e. The van der Waals surface area contributed by atoms with Crippen LogP contribution in [-0.2, 0) is 17.9 Å². The molecule has 9 heteroatoms. The summed E-state index contributed by atoms with van der Waals surface area (Å²) in [5.41, 5.74) is 4.10. The normalized spacial score (nSPS) is 14.2. The molecule has 0 radical (unpaired) electrons. The molecule has 0 spiro atoms. The highest BCUT2D eigenvalue weighted by Crippen LogP contribution is 2.18. The maximum Gasteiger partial charge on any atom is 0.256 e. The van der Waals surface area contributed by atoms with Crippen LogP contribution in [0.4, 0.5) is 4.39 Å². The molecule has 0 atom stereocenters. The van der Waals surface area contributed by atoms with Crippen molar-refractivity contribution in [3.05, 3.63) is 87.4 Å². The molecule has 184 valence electrons. The summed E-state index contributed by atoms with van der Waals surface area (Å²) in [5, 5.41) is 7.96. The second-order valence-corrected chi connectivity index (χ2v) is 9.20. The SMILES string of the molecule is Cc1nn(Cc2ccccc2)c(C)c1CNC(=O)CN1CCN(C(=O)c2cc(Cl)ccc2F)CC1. The van der Waals surface area contributed by atoms with Crippen LogP contribution in [0.15, 0.2) is 48.5 Å². The monoisotopic (exact) mass is 497 g/mol. The van der Waals surface area contributed by atoms with E-state index in [2.05, 4.69) is 22.5 Å². The average molecular weight is 498 g/mol. The van der Waals surface area contributed by atoms with Gasteiger partial charge in [0, 0.05) is 49.0 Å². The molecule has 0 bridgehead atoms. The molecule has 2 amide bonds. The maximum absolute atomic E-state index is 14.0. The zero-order valence-electron chi connectivity index (χ0n) is 19.9. The van der Waals surface area contributed by atoms with Crippen molar-refractivity contribution in [1.82, 2.24) is 24.9 Å². The van der Waals surface area contributed by atoms with Crippen molar-refractivity contribution in [3.8, 4) is 0 Å². The standard InChI is InChI=1S/C26H29ClFN5O2/c1-18-23(19(2)33(30-18)16-20-6-4-3-5-7-20)15-29-25(34)17-31-10-12-32(13-11-31)26(35)22-14-21(27)8-9-24(22)28/h3-9,14H,10-13,15-17H2,1-2H3,(H,29,34). The van der Waals surface area contributed by atoms with Gasteiger partial charge in [-0.3, -0.25) is 19.2 Å². The molecule has 1 N–H and O–H groups in total. The quantitative estimate of drug-likeness (QED) is 0.543. The van der Waals surface area contributed by atoms with E-state index >= 15 is 0 Å². The van der Waals surface area contributed by atoms with Gasteiger partial charge in [0.1, 0.15) is 5.82 Å². The summed E-state index contributed by atoms with van der Waals surface area (Å²) in [5.74, 6) is -1.05. The molecule has 0 saturated carbocycles. The van der Waals surface area contributed by atoms with Gasteiger partial charge in [-0.15, -0.1) is 0 Å². The summed E-state index contributed by atoms with van der Waals surface area (Å²) in [6.07, 6.45) is 0. The van der Waals surface area contributed by atoms with E-state index in [0.29, 0.717) is 44.3 Å². The Bertz CT molecular complexity index is 1210. The van der Waals surface area contributed by atoms with Crippen molar-refractivity contribution in [2.24, 2.45) is 0 Å². The predicted octanol–water partition coefficient (Wildman–Crippen LogP) is 3.41. The van der Waals surface area contributed by atoms with E-state index in [1.54, 1.807) is 4.90 Å². The van der Waals surface area contributed by atoms with Gasteiger partial charge < -0.3 is 10.2 Å². The lowest BCUT2D eigenvalue weighted by Gasteiger charge is -2.34. The Kier molecular flexibility index (Phi) is 7.83. The Morgan fingerprint density at radius 1 is 1.06 bits per heavy atom. The number of nitrogens with one attached hydrogen (secondary N) is 1. The molecular weight excluding hydrogens is 469 g/mol. The van der Waals surface area contributed by atoms with E-state index in [0.717, 1.165) is 17.0 Å². The van der Waals surface area contributed by atoms with Crippen LogP contribution < -0.4 is 5.32 Å². The Morgan fingerprint density at radius 2 is 1.77 bits per heavy atom. The number of piperazine rings is 1. The number of rotatable bonds is 7. The summed E-state index contributed by atoms with van der Waals surface area (Å²) in [4.78, 5) is 28.8.